The maximum absolute atomic E-state index is 13.7. The third-order valence-corrected chi connectivity index (χ3v) is 8.13. The summed E-state index contributed by atoms with van der Waals surface area (Å²) in [5, 5.41) is 12.8. The minimum absolute atomic E-state index is 0.119. The second-order valence-corrected chi connectivity index (χ2v) is 10.0. The van der Waals surface area contributed by atoms with Crippen molar-refractivity contribution in [3.63, 3.8) is 0 Å². The quantitative estimate of drug-likeness (QED) is 0.693. The first-order chi connectivity index (χ1) is 15.0. The standard InChI is InChI=1S/C21H24N4O5S/c22-14-15-5-3-8-23-19(15)25-18-7-6-16(31(27,28)24-9-1-2-10-24)13-17(18)21(20(25)26)29-11-4-12-30-21/h3,5-7,13,15,19,23H,1-2,4,8-12H2. The van der Waals surface area contributed by atoms with E-state index in [9.17, 15) is 18.5 Å². The van der Waals surface area contributed by atoms with Gasteiger partial charge >= 0.3 is 0 Å². The monoisotopic (exact) mass is 444 g/mol. The van der Waals surface area contributed by atoms with Gasteiger partial charge in [-0.2, -0.15) is 9.57 Å². The number of nitrogens with one attached hydrogen (secondary N) is 1. The van der Waals surface area contributed by atoms with Crippen LogP contribution in [-0.4, -0.2) is 57.6 Å². The van der Waals surface area contributed by atoms with Crippen LogP contribution in [0.5, 0.6) is 0 Å². The number of nitrogens with zero attached hydrogens (tertiary/aromatic N) is 3. The first kappa shape index (κ1) is 20.6. The van der Waals surface area contributed by atoms with Crippen molar-refractivity contribution in [3.8, 4) is 6.07 Å². The van der Waals surface area contributed by atoms with Crippen molar-refractivity contribution >= 4 is 21.6 Å². The van der Waals surface area contributed by atoms with Gasteiger partial charge in [0.05, 0.1) is 35.8 Å². The van der Waals surface area contributed by atoms with Gasteiger partial charge in [0, 0.05) is 25.2 Å². The van der Waals surface area contributed by atoms with Gasteiger partial charge in [-0.25, -0.2) is 8.42 Å². The van der Waals surface area contributed by atoms with Crippen LogP contribution in [0.15, 0.2) is 35.2 Å². The molecule has 0 saturated carbocycles. The summed E-state index contributed by atoms with van der Waals surface area (Å²) in [5.74, 6) is -2.68. The Morgan fingerprint density at radius 1 is 1.16 bits per heavy atom. The molecule has 31 heavy (non-hydrogen) atoms. The second-order valence-electron chi connectivity index (χ2n) is 8.07. The van der Waals surface area contributed by atoms with Crippen molar-refractivity contribution in [2.24, 2.45) is 5.92 Å². The van der Waals surface area contributed by atoms with E-state index in [1.54, 1.807) is 12.1 Å². The second kappa shape index (κ2) is 7.69. The van der Waals surface area contributed by atoms with Gasteiger partial charge in [-0.15, -0.1) is 0 Å². The normalized spacial score (nSPS) is 28.1. The van der Waals surface area contributed by atoms with Crippen molar-refractivity contribution in [3.05, 3.63) is 35.9 Å². The summed E-state index contributed by atoms with van der Waals surface area (Å²) in [6, 6.07) is 6.87. The lowest BCUT2D eigenvalue weighted by atomic mass is 10.0. The van der Waals surface area contributed by atoms with Gasteiger partial charge in [0.1, 0.15) is 6.17 Å². The molecule has 2 fully saturated rings. The zero-order valence-electron chi connectivity index (χ0n) is 17.0. The van der Waals surface area contributed by atoms with Crippen molar-refractivity contribution in [2.75, 3.05) is 37.7 Å². The Balaban J connectivity index is 1.63. The molecule has 1 aromatic rings. The third-order valence-electron chi connectivity index (χ3n) is 6.24. The molecule has 4 aliphatic heterocycles. The molecule has 4 aliphatic rings. The summed E-state index contributed by atoms with van der Waals surface area (Å²) >= 11 is 0. The van der Waals surface area contributed by atoms with Crippen LogP contribution in [0.3, 0.4) is 0 Å². The molecule has 1 aromatic carbocycles. The highest BCUT2D eigenvalue weighted by Gasteiger charge is 2.57. The van der Waals surface area contributed by atoms with E-state index in [0.29, 0.717) is 50.5 Å². The lowest BCUT2D eigenvalue weighted by Crippen LogP contribution is -2.57. The number of benzene rings is 1. The first-order valence-corrected chi connectivity index (χ1v) is 12.0. The Morgan fingerprint density at radius 3 is 2.61 bits per heavy atom. The molecular weight excluding hydrogens is 420 g/mol. The zero-order valence-corrected chi connectivity index (χ0v) is 17.8. The van der Waals surface area contributed by atoms with E-state index >= 15 is 0 Å². The lowest BCUT2D eigenvalue weighted by molar-refractivity contribution is -0.257. The fourth-order valence-electron chi connectivity index (χ4n) is 4.70. The first-order valence-electron chi connectivity index (χ1n) is 10.5. The number of rotatable bonds is 3. The van der Waals surface area contributed by atoms with Crippen molar-refractivity contribution in [2.45, 2.75) is 36.1 Å². The highest BCUT2D eigenvalue weighted by Crippen LogP contribution is 2.47. The molecule has 0 aliphatic carbocycles. The molecule has 9 nitrogen and oxygen atoms in total. The Hall–Kier alpha value is -2.29. The van der Waals surface area contributed by atoms with Crippen LogP contribution < -0.4 is 10.2 Å². The number of sulfonamides is 1. The number of anilines is 1. The molecule has 2 unspecified atom stereocenters. The fraction of sp³-hybridized carbons (Fsp3) is 0.524. The summed E-state index contributed by atoms with van der Waals surface area (Å²) in [6.07, 6.45) is 5.33. The number of fused-ring (bicyclic) bond motifs is 2. The number of nitriles is 1. The fourth-order valence-corrected chi connectivity index (χ4v) is 6.24. The van der Waals surface area contributed by atoms with E-state index in [4.69, 9.17) is 9.47 Å². The summed E-state index contributed by atoms with van der Waals surface area (Å²) in [4.78, 5) is 15.3. The number of hydrogen-bond acceptors (Lipinski definition) is 7. The Kier molecular flexibility index (Phi) is 5.11. The highest BCUT2D eigenvalue weighted by atomic mass is 32.2. The predicted octanol–water partition coefficient (Wildman–Crippen LogP) is 1.03. The van der Waals surface area contributed by atoms with E-state index in [2.05, 4.69) is 11.4 Å². The van der Waals surface area contributed by atoms with Crippen molar-refractivity contribution in [1.82, 2.24) is 9.62 Å². The number of carbonyl (C=O) groups is 1. The average molecular weight is 445 g/mol. The van der Waals surface area contributed by atoms with Crippen molar-refractivity contribution in [1.29, 1.82) is 5.26 Å². The summed E-state index contributed by atoms with van der Waals surface area (Å²) in [5.41, 5.74) is 0.880. The lowest BCUT2D eigenvalue weighted by Gasteiger charge is -2.36. The molecule has 1 N–H and O–H groups in total. The minimum Gasteiger partial charge on any atom is -0.338 e. The van der Waals surface area contributed by atoms with Gasteiger partial charge in [-0.1, -0.05) is 12.2 Å². The molecule has 10 heteroatoms. The predicted molar refractivity (Wildman–Crippen MR) is 110 cm³/mol. The maximum Gasteiger partial charge on any atom is 0.293 e. The van der Waals surface area contributed by atoms with Gasteiger partial charge in [-0.05, 0) is 37.5 Å². The number of ether oxygens (including phenoxy) is 2. The molecule has 1 spiro atoms. The van der Waals surface area contributed by atoms with Gasteiger partial charge in [0.15, 0.2) is 0 Å². The molecule has 1 amide bonds. The van der Waals surface area contributed by atoms with Crippen LogP contribution >= 0.6 is 0 Å². The molecule has 4 heterocycles. The van der Waals surface area contributed by atoms with Crippen molar-refractivity contribution < 1.29 is 22.7 Å². The Labute approximate surface area is 181 Å². The van der Waals surface area contributed by atoms with E-state index in [1.807, 2.05) is 6.08 Å². The smallest absolute Gasteiger partial charge is 0.293 e. The molecule has 0 bridgehead atoms. The van der Waals surface area contributed by atoms with Crippen LogP contribution in [0.2, 0.25) is 0 Å². The maximum atomic E-state index is 13.7. The summed E-state index contributed by atoms with van der Waals surface area (Å²) in [6.45, 7) is 2.14. The number of carbonyl (C=O) groups excluding carboxylic acids is 1. The summed E-state index contributed by atoms with van der Waals surface area (Å²) < 4.78 is 39.6. The van der Waals surface area contributed by atoms with Crippen LogP contribution in [0.4, 0.5) is 5.69 Å². The topological polar surface area (TPSA) is 112 Å². The van der Waals surface area contributed by atoms with Gasteiger partial charge in [-0.3, -0.25) is 15.0 Å². The molecule has 0 aromatic heterocycles. The average Bonchev–Trinajstić information content (AvgIpc) is 3.42. The van der Waals surface area contributed by atoms with E-state index in [1.165, 1.54) is 21.3 Å². The SMILES string of the molecule is N#CC1C=CCNC1N1C(=O)C2(OCCCO2)c2cc(S(=O)(=O)N3CCCC3)ccc21. The van der Waals surface area contributed by atoms with Crippen LogP contribution in [0.1, 0.15) is 24.8 Å². The number of hydrogen-bond donors (Lipinski definition) is 1. The van der Waals surface area contributed by atoms with Gasteiger partial charge in [0.2, 0.25) is 10.0 Å². The summed E-state index contributed by atoms with van der Waals surface area (Å²) in [7, 11) is -3.68. The Bertz CT molecular complexity index is 1070. The van der Waals surface area contributed by atoms with E-state index in [0.717, 1.165) is 12.8 Å². The van der Waals surface area contributed by atoms with E-state index in [-0.39, 0.29) is 4.90 Å². The number of amides is 1. The van der Waals surface area contributed by atoms with Crippen LogP contribution in [0, 0.1) is 17.2 Å². The zero-order chi connectivity index (χ0) is 21.6. The van der Waals surface area contributed by atoms with Gasteiger partial charge in [0.25, 0.3) is 11.7 Å². The molecule has 2 atom stereocenters. The minimum atomic E-state index is -3.68. The van der Waals surface area contributed by atoms with E-state index < -0.39 is 33.8 Å². The molecular formula is C21H24N4O5S. The molecule has 164 valence electrons. The molecule has 5 rings (SSSR count). The highest BCUT2D eigenvalue weighted by molar-refractivity contribution is 7.89. The Morgan fingerprint density at radius 2 is 1.90 bits per heavy atom. The molecule has 0 radical (unpaired) electrons. The van der Waals surface area contributed by atoms with Gasteiger partial charge < -0.3 is 9.47 Å². The third kappa shape index (κ3) is 3.11. The van der Waals surface area contributed by atoms with Crippen LogP contribution in [-0.2, 0) is 30.1 Å². The largest absolute Gasteiger partial charge is 0.338 e. The molecule has 2 saturated heterocycles. The van der Waals surface area contributed by atoms with Crippen LogP contribution in [0.25, 0.3) is 0 Å².